The third-order valence-corrected chi connectivity index (χ3v) is 4.44. The molecule has 0 radical (unpaired) electrons. The monoisotopic (exact) mass is 346 g/mol. The van der Waals surface area contributed by atoms with E-state index < -0.39 is 0 Å². The number of benzene rings is 2. The normalized spacial score (nSPS) is 11.2. The number of aromatic nitrogens is 3. The molecule has 4 aromatic rings. The van der Waals surface area contributed by atoms with Crippen molar-refractivity contribution < 1.29 is 4.79 Å². The van der Waals surface area contributed by atoms with E-state index in [1.807, 2.05) is 36.4 Å². The van der Waals surface area contributed by atoms with E-state index in [1.165, 1.54) is 4.90 Å². The highest BCUT2D eigenvalue weighted by Crippen LogP contribution is 2.18. The van der Waals surface area contributed by atoms with Crippen LogP contribution in [0.2, 0.25) is 0 Å². The van der Waals surface area contributed by atoms with E-state index in [0.717, 1.165) is 11.1 Å². The Bertz CT molecular complexity index is 1170. The maximum Gasteiger partial charge on any atom is 0.277 e. The van der Waals surface area contributed by atoms with Crippen molar-refractivity contribution in [2.45, 2.75) is 6.54 Å². The SMILES string of the molecule is CN(C)C(=O)c1ccc2c(c1)n(Cc1ccccc1)c(=O)c1ccnn12. The summed E-state index contributed by atoms with van der Waals surface area (Å²) in [7, 11) is 3.42. The second kappa shape index (κ2) is 6.15. The summed E-state index contributed by atoms with van der Waals surface area (Å²) in [5, 5.41) is 4.27. The van der Waals surface area contributed by atoms with Gasteiger partial charge in [0.2, 0.25) is 0 Å². The minimum atomic E-state index is -0.131. The molecule has 130 valence electrons. The van der Waals surface area contributed by atoms with Crippen LogP contribution in [0.4, 0.5) is 0 Å². The molecule has 0 aliphatic carbocycles. The number of carbonyl (C=O) groups excluding carboxylic acids is 1. The van der Waals surface area contributed by atoms with Gasteiger partial charge in [0.1, 0.15) is 5.52 Å². The van der Waals surface area contributed by atoms with Gasteiger partial charge in [0, 0.05) is 19.7 Å². The maximum atomic E-state index is 13.0. The van der Waals surface area contributed by atoms with Crippen LogP contribution in [0.15, 0.2) is 65.6 Å². The van der Waals surface area contributed by atoms with Gasteiger partial charge >= 0.3 is 0 Å². The topological polar surface area (TPSA) is 59.6 Å². The van der Waals surface area contributed by atoms with Crippen LogP contribution in [0.5, 0.6) is 0 Å². The molecule has 1 amide bonds. The molecule has 4 rings (SSSR count). The minimum Gasteiger partial charge on any atom is -0.345 e. The maximum absolute atomic E-state index is 13.0. The number of rotatable bonds is 3. The Morgan fingerprint density at radius 3 is 2.50 bits per heavy atom. The summed E-state index contributed by atoms with van der Waals surface area (Å²) < 4.78 is 3.33. The van der Waals surface area contributed by atoms with Gasteiger partial charge in [0.25, 0.3) is 11.5 Å². The smallest absolute Gasteiger partial charge is 0.277 e. The van der Waals surface area contributed by atoms with Crippen LogP contribution in [0.3, 0.4) is 0 Å². The van der Waals surface area contributed by atoms with Crippen LogP contribution in [0.1, 0.15) is 15.9 Å². The summed E-state index contributed by atoms with van der Waals surface area (Å²) in [6.45, 7) is 0.428. The van der Waals surface area contributed by atoms with Gasteiger partial charge in [-0.3, -0.25) is 9.59 Å². The van der Waals surface area contributed by atoms with E-state index in [9.17, 15) is 9.59 Å². The number of hydrogen-bond acceptors (Lipinski definition) is 3. The zero-order valence-electron chi connectivity index (χ0n) is 14.6. The van der Waals surface area contributed by atoms with Crippen molar-refractivity contribution >= 4 is 22.5 Å². The van der Waals surface area contributed by atoms with E-state index in [-0.39, 0.29) is 11.5 Å². The third kappa shape index (κ3) is 2.56. The molecule has 0 saturated carbocycles. The van der Waals surface area contributed by atoms with Crippen molar-refractivity contribution in [3.8, 4) is 0 Å². The number of hydrogen-bond donors (Lipinski definition) is 0. The zero-order valence-corrected chi connectivity index (χ0v) is 14.6. The number of carbonyl (C=O) groups is 1. The Kier molecular flexibility index (Phi) is 3.80. The molecule has 0 fully saturated rings. The Balaban J connectivity index is 2.02. The first-order valence-electron chi connectivity index (χ1n) is 8.32. The molecule has 2 aromatic heterocycles. The highest BCUT2D eigenvalue weighted by atomic mass is 16.2. The Morgan fingerprint density at radius 2 is 1.77 bits per heavy atom. The van der Waals surface area contributed by atoms with Crippen LogP contribution in [-0.4, -0.2) is 39.1 Å². The molecule has 0 atom stereocenters. The average Bonchev–Trinajstić information content (AvgIpc) is 3.15. The summed E-state index contributed by atoms with van der Waals surface area (Å²) in [5.41, 5.74) is 3.41. The second-order valence-electron chi connectivity index (χ2n) is 6.41. The highest BCUT2D eigenvalue weighted by Gasteiger charge is 2.15. The van der Waals surface area contributed by atoms with Gasteiger partial charge in [0.05, 0.1) is 23.8 Å². The average molecular weight is 346 g/mol. The Morgan fingerprint density at radius 1 is 1.00 bits per heavy atom. The molecule has 26 heavy (non-hydrogen) atoms. The summed E-state index contributed by atoms with van der Waals surface area (Å²) in [6.07, 6.45) is 1.61. The quantitative estimate of drug-likeness (QED) is 0.572. The van der Waals surface area contributed by atoms with Gasteiger partial charge in [-0.25, -0.2) is 4.52 Å². The molecule has 0 aliphatic rings. The molecule has 0 bridgehead atoms. The van der Waals surface area contributed by atoms with E-state index >= 15 is 0 Å². The van der Waals surface area contributed by atoms with Gasteiger partial charge in [-0.15, -0.1) is 0 Å². The van der Waals surface area contributed by atoms with Crippen LogP contribution in [0.25, 0.3) is 16.6 Å². The molecule has 0 saturated heterocycles. The summed E-state index contributed by atoms with van der Waals surface area (Å²) in [4.78, 5) is 26.9. The van der Waals surface area contributed by atoms with Crippen molar-refractivity contribution in [2.24, 2.45) is 0 Å². The van der Waals surface area contributed by atoms with Gasteiger partial charge in [0.15, 0.2) is 0 Å². The number of amides is 1. The van der Waals surface area contributed by atoms with Crippen molar-refractivity contribution in [1.82, 2.24) is 19.1 Å². The van der Waals surface area contributed by atoms with Crippen molar-refractivity contribution in [3.63, 3.8) is 0 Å². The van der Waals surface area contributed by atoms with Gasteiger partial charge in [-0.2, -0.15) is 5.10 Å². The number of fused-ring (bicyclic) bond motifs is 3. The minimum absolute atomic E-state index is 0.105. The lowest BCUT2D eigenvalue weighted by atomic mass is 10.1. The molecule has 0 N–H and O–H groups in total. The second-order valence-corrected chi connectivity index (χ2v) is 6.41. The fourth-order valence-electron chi connectivity index (χ4n) is 3.14. The third-order valence-electron chi connectivity index (χ3n) is 4.44. The summed E-state index contributed by atoms with van der Waals surface area (Å²) in [5.74, 6) is -0.105. The van der Waals surface area contributed by atoms with Crippen LogP contribution in [-0.2, 0) is 6.54 Å². The van der Waals surface area contributed by atoms with E-state index in [1.54, 1.807) is 47.6 Å². The summed E-state index contributed by atoms with van der Waals surface area (Å²) >= 11 is 0. The first-order valence-corrected chi connectivity index (χ1v) is 8.32. The van der Waals surface area contributed by atoms with E-state index in [2.05, 4.69) is 5.10 Å². The fourth-order valence-corrected chi connectivity index (χ4v) is 3.14. The van der Waals surface area contributed by atoms with Crippen molar-refractivity contribution in [1.29, 1.82) is 0 Å². The van der Waals surface area contributed by atoms with Crippen molar-refractivity contribution in [2.75, 3.05) is 14.1 Å². The predicted molar refractivity (Wildman–Crippen MR) is 101 cm³/mol. The largest absolute Gasteiger partial charge is 0.345 e. The van der Waals surface area contributed by atoms with Gasteiger partial charge in [-0.1, -0.05) is 30.3 Å². The van der Waals surface area contributed by atoms with Crippen molar-refractivity contribution in [3.05, 3.63) is 82.3 Å². The lowest BCUT2D eigenvalue weighted by molar-refractivity contribution is 0.0827. The fraction of sp³-hybridized carbons (Fsp3) is 0.150. The van der Waals surface area contributed by atoms with Gasteiger partial charge < -0.3 is 9.47 Å². The van der Waals surface area contributed by atoms with Crippen LogP contribution >= 0.6 is 0 Å². The number of nitrogens with zero attached hydrogens (tertiary/aromatic N) is 4. The van der Waals surface area contributed by atoms with Gasteiger partial charge in [-0.05, 0) is 29.8 Å². The molecule has 0 aliphatic heterocycles. The summed E-state index contributed by atoms with van der Waals surface area (Å²) in [6, 6.07) is 16.9. The first-order chi connectivity index (χ1) is 12.6. The molecular weight excluding hydrogens is 328 g/mol. The molecular formula is C20H18N4O2. The van der Waals surface area contributed by atoms with E-state index in [0.29, 0.717) is 23.1 Å². The lowest BCUT2D eigenvalue weighted by Crippen LogP contribution is -2.25. The molecule has 0 unspecified atom stereocenters. The Hall–Kier alpha value is -3.41. The lowest BCUT2D eigenvalue weighted by Gasteiger charge is -2.15. The highest BCUT2D eigenvalue weighted by molar-refractivity contribution is 5.97. The molecule has 2 heterocycles. The van der Waals surface area contributed by atoms with Crippen LogP contribution in [0, 0.1) is 0 Å². The molecule has 2 aromatic carbocycles. The molecule has 6 nitrogen and oxygen atoms in total. The van der Waals surface area contributed by atoms with Crippen LogP contribution < -0.4 is 5.56 Å². The van der Waals surface area contributed by atoms with E-state index in [4.69, 9.17) is 0 Å². The zero-order chi connectivity index (χ0) is 18.3. The Labute approximate surface area is 149 Å². The first kappa shape index (κ1) is 16.1. The molecule has 6 heteroatoms. The predicted octanol–water partition coefficient (Wildman–Crippen LogP) is 2.40. The molecule has 0 spiro atoms. The standard InChI is InChI=1S/C20H18N4O2/c1-22(2)19(25)15-8-9-16-18(12-15)23(13-14-6-4-3-5-7-14)20(26)17-10-11-21-24(16)17/h3-12H,13H2,1-2H3.